The van der Waals surface area contributed by atoms with E-state index in [0.717, 1.165) is 31.9 Å². The van der Waals surface area contributed by atoms with Crippen LogP contribution in [0.1, 0.15) is 62.7 Å². The van der Waals surface area contributed by atoms with Gasteiger partial charge in [-0.3, -0.25) is 14.6 Å². The van der Waals surface area contributed by atoms with Gasteiger partial charge in [0.25, 0.3) is 0 Å². The van der Waals surface area contributed by atoms with E-state index in [1.54, 1.807) is 13.8 Å². The summed E-state index contributed by atoms with van der Waals surface area (Å²) in [5.41, 5.74) is 10.9. The van der Waals surface area contributed by atoms with Crippen molar-refractivity contribution in [2.75, 3.05) is 11.1 Å². The number of anilines is 2. The molecule has 0 aromatic carbocycles. The molecule has 1 aromatic heterocycles. The van der Waals surface area contributed by atoms with Gasteiger partial charge in [0, 0.05) is 18.2 Å². The Bertz CT molecular complexity index is 744. The zero-order valence-electron chi connectivity index (χ0n) is 16.3. The number of aromatic carboxylic acids is 1. The van der Waals surface area contributed by atoms with Crippen molar-refractivity contribution in [2.45, 2.75) is 64.0 Å². The van der Waals surface area contributed by atoms with E-state index in [1.807, 2.05) is 0 Å². The van der Waals surface area contributed by atoms with Gasteiger partial charge in [0.2, 0.25) is 11.8 Å². The quantitative estimate of drug-likeness (QED) is 0.470. The number of amides is 2. The maximum absolute atomic E-state index is 12.5. The highest BCUT2D eigenvalue weighted by Gasteiger charge is 2.31. The summed E-state index contributed by atoms with van der Waals surface area (Å²) in [5.74, 6) is -1.75. The summed E-state index contributed by atoms with van der Waals surface area (Å²) in [5, 5.41) is 14.5. The van der Waals surface area contributed by atoms with Crippen molar-refractivity contribution >= 4 is 29.2 Å². The molecular weight excluding hydrogens is 362 g/mol. The van der Waals surface area contributed by atoms with Crippen LogP contribution < -0.4 is 22.1 Å². The zero-order chi connectivity index (χ0) is 20.9. The first kappa shape index (κ1) is 21.6. The first-order chi connectivity index (χ1) is 13.1. The van der Waals surface area contributed by atoms with E-state index in [9.17, 15) is 14.4 Å². The number of carboxylic acids is 1. The molecule has 0 saturated heterocycles. The second kappa shape index (κ2) is 9.01. The Labute approximate surface area is 164 Å². The average Bonchev–Trinajstić information content (AvgIpc) is 2.62. The second-order valence-electron chi connectivity index (χ2n) is 7.98. The van der Waals surface area contributed by atoms with Crippen molar-refractivity contribution < 1.29 is 19.5 Å². The monoisotopic (exact) mass is 391 g/mol. The van der Waals surface area contributed by atoms with Gasteiger partial charge < -0.3 is 27.2 Å². The number of rotatable bonds is 7. The van der Waals surface area contributed by atoms with Crippen molar-refractivity contribution in [2.24, 2.45) is 11.7 Å². The summed E-state index contributed by atoms with van der Waals surface area (Å²) >= 11 is 0. The SMILES string of the molecule is CC(C)(CC(=O)Nc1cncc(C(=O)O)c1N)NC(=O)[C@H](N)C1CCCCC1. The van der Waals surface area contributed by atoms with Crippen LogP contribution in [-0.2, 0) is 9.59 Å². The van der Waals surface area contributed by atoms with E-state index < -0.39 is 23.5 Å². The summed E-state index contributed by atoms with van der Waals surface area (Å²) in [4.78, 5) is 39.8. The number of nitrogens with zero attached hydrogens (tertiary/aromatic N) is 1. The van der Waals surface area contributed by atoms with Crippen LogP contribution in [0.4, 0.5) is 11.4 Å². The van der Waals surface area contributed by atoms with Crippen LogP contribution in [0.15, 0.2) is 12.4 Å². The molecule has 0 spiro atoms. The number of carbonyl (C=O) groups is 3. The Morgan fingerprint density at radius 2 is 1.89 bits per heavy atom. The Hall–Kier alpha value is -2.68. The van der Waals surface area contributed by atoms with Crippen molar-refractivity contribution in [3.05, 3.63) is 18.0 Å². The minimum atomic E-state index is -1.23. The van der Waals surface area contributed by atoms with Gasteiger partial charge in [0.05, 0.1) is 23.6 Å². The highest BCUT2D eigenvalue weighted by molar-refractivity contribution is 6.01. The number of hydrogen-bond acceptors (Lipinski definition) is 6. The van der Waals surface area contributed by atoms with Crippen LogP contribution in [0.2, 0.25) is 0 Å². The lowest BCUT2D eigenvalue weighted by Crippen LogP contribution is -2.54. The molecule has 0 unspecified atom stereocenters. The van der Waals surface area contributed by atoms with Gasteiger partial charge in [0.15, 0.2) is 0 Å². The number of pyridine rings is 1. The van der Waals surface area contributed by atoms with E-state index in [2.05, 4.69) is 15.6 Å². The fourth-order valence-corrected chi connectivity index (χ4v) is 3.50. The fraction of sp³-hybridized carbons (Fsp3) is 0.579. The van der Waals surface area contributed by atoms with Crippen LogP contribution in [0.25, 0.3) is 0 Å². The molecule has 0 radical (unpaired) electrons. The number of nitrogens with one attached hydrogen (secondary N) is 2. The van der Waals surface area contributed by atoms with Crippen LogP contribution in [0.5, 0.6) is 0 Å². The largest absolute Gasteiger partial charge is 0.478 e. The number of carboxylic acid groups (broad SMARTS) is 1. The molecule has 1 fully saturated rings. The van der Waals surface area contributed by atoms with Crippen LogP contribution in [0.3, 0.4) is 0 Å². The number of aromatic nitrogens is 1. The van der Waals surface area contributed by atoms with E-state index >= 15 is 0 Å². The first-order valence-electron chi connectivity index (χ1n) is 9.45. The highest BCUT2D eigenvalue weighted by Crippen LogP contribution is 2.26. The normalized spacial score (nSPS) is 16.2. The molecule has 1 atom stereocenters. The van der Waals surface area contributed by atoms with E-state index in [0.29, 0.717) is 0 Å². The zero-order valence-corrected chi connectivity index (χ0v) is 16.3. The average molecular weight is 391 g/mol. The molecule has 2 amide bonds. The molecule has 154 valence electrons. The molecule has 1 aromatic rings. The van der Waals surface area contributed by atoms with Gasteiger partial charge in [-0.25, -0.2) is 4.79 Å². The molecule has 2 rings (SSSR count). The van der Waals surface area contributed by atoms with Crippen molar-refractivity contribution in [1.29, 1.82) is 0 Å². The van der Waals surface area contributed by atoms with Gasteiger partial charge in [0.1, 0.15) is 5.56 Å². The molecule has 9 heteroatoms. The third kappa shape index (κ3) is 5.66. The van der Waals surface area contributed by atoms with Crippen LogP contribution >= 0.6 is 0 Å². The van der Waals surface area contributed by atoms with Crippen molar-refractivity contribution in [3.8, 4) is 0 Å². The van der Waals surface area contributed by atoms with E-state index in [4.69, 9.17) is 16.6 Å². The number of carbonyl (C=O) groups excluding carboxylic acids is 2. The van der Waals surface area contributed by atoms with Gasteiger partial charge in [-0.2, -0.15) is 0 Å². The van der Waals surface area contributed by atoms with Gasteiger partial charge in [-0.15, -0.1) is 0 Å². The Morgan fingerprint density at radius 1 is 1.25 bits per heavy atom. The molecular formula is C19H29N5O4. The Morgan fingerprint density at radius 3 is 2.50 bits per heavy atom. The van der Waals surface area contributed by atoms with Gasteiger partial charge in [-0.1, -0.05) is 19.3 Å². The van der Waals surface area contributed by atoms with Crippen LogP contribution in [0, 0.1) is 5.92 Å². The lowest BCUT2D eigenvalue weighted by molar-refractivity contribution is -0.126. The molecule has 28 heavy (non-hydrogen) atoms. The molecule has 7 N–H and O–H groups in total. The van der Waals surface area contributed by atoms with E-state index in [-0.39, 0.29) is 35.2 Å². The highest BCUT2D eigenvalue weighted by atomic mass is 16.4. The molecule has 1 heterocycles. The minimum Gasteiger partial charge on any atom is -0.478 e. The molecule has 1 aliphatic rings. The molecule has 1 saturated carbocycles. The third-order valence-corrected chi connectivity index (χ3v) is 5.02. The maximum atomic E-state index is 12.5. The lowest BCUT2D eigenvalue weighted by Gasteiger charge is -2.31. The van der Waals surface area contributed by atoms with Crippen molar-refractivity contribution in [1.82, 2.24) is 10.3 Å². The molecule has 0 aliphatic heterocycles. The summed E-state index contributed by atoms with van der Waals surface area (Å²) < 4.78 is 0. The molecule has 9 nitrogen and oxygen atoms in total. The third-order valence-electron chi connectivity index (χ3n) is 5.02. The van der Waals surface area contributed by atoms with Gasteiger partial charge >= 0.3 is 5.97 Å². The standard InChI is InChI=1S/C19H29N5O4/c1-19(2,24-17(26)15(20)11-6-4-3-5-7-11)8-14(25)23-13-10-22-9-12(16(13)21)18(27)28/h9-11,15H,3-8,20H2,1-2H3,(H2,21,22)(H,23,25)(H,24,26)(H,27,28)/t15-/m1/s1. The second-order valence-corrected chi connectivity index (χ2v) is 7.98. The first-order valence-corrected chi connectivity index (χ1v) is 9.45. The number of nitrogen functional groups attached to an aromatic ring is 1. The number of hydrogen-bond donors (Lipinski definition) is 5. The van der Waals surface area contributed by atoms with Crippen LogP contribution in [-0.4, -0.2) is 39.5 Å². The smallest absolute Gasteiger partial charge is 0.339 e. The Balaban J connectivity index is 1.95. The van der Waals surface area contributed by atoms with Crippen molar-refractivity contribution in [3.63, 3.8) is 0 Å². The summed E-state index contributed by atoms with van der Waals surface area (Å²) in [6, 6.07) is -0.588. The minimum absolute atomic E-state index is 0.0349. The summed E-state index contributed by atoms with van der Waals surface area (Å²) in [7, 11) is 0. The van der Waals surface area contributed by atoms with Gasteiger partial charge in [-0.05, 0) is 32.6 Å². The Kier molecular flexibility index (Phi) is 6.95. The summed E-state index contributed by atoms with van der Waals surface area (Å²) in [6.07, 6.45) is 7.60. The molecule has 0 bridgehead atoms. The van der Waals surface area contributed by atoms with E-state index in [1.165, 1.54) is 12.6 Å². The summed E-state index contributed by atoms with van der Waals surface area (Å²) in [6.45, 7) is 3.46. The predicted molar refractivity (Wildman–Crippen MR) is 106 cm³/mol. The fourth-order valence-electron chi connectivity index (χ4n) is 3.50. The molecule has 1 aliphatic carbocycles. The lowest BCUT2D eigenvalue weighted by atomic mass is 9.83. The maximum Gasteiger partial charge on any atom is 0.339 e. The predicted octanol–water partition coefficient (Wildman–Crippen LogP) is 1.49. The number of nitrogens with two attached hydrogens (primary N) is 2. The topological polar surface area (TPSA) is 160 Å².